The highest BCUT2D eigenvalue weighted by atomic mass is 16.5. The first-order valence-electron chi connectivity index (χ1n) is 7.68. The van der Waals surface area contributed by atoms with Crippen molar-refractivity contribution in [2.45, 2.75) is 51.6 Å². The number of hydrogen-bond donors (Lipinski definition) is 1. The number of hydrogen-bond acceptors (Lipinski definition) is 3. The number of carbonyl (C=O) groups is 1. The maximum Gasteiger partial charge on any atom is 0.308 e. The van der Waals surface area contributed by atoms with Gasteiger partial charge in [0.05, 0.1) is 12.5 Å². The third-order valence-corrected chi connectivity index (χ3v) is 4.08. The number of esters is 1. The van der Waals surface area contributed by atoms with Crippen LogP contribution in [0.3, 0.4) is 0 Å². The van der Waals surface area contributed by atoms with Crippen molar-refractivity contribution in [1.82, 2.24) is 5.32 Å². The molecule has 1 saturated carbocycles. The molecule has 3 unspecified atom stereocenters. The van der Waals surface area contributed by atoms with Crippen LogP contribution in [0.5, 0.6) is 0 Å². The van der Waals surface area contributed by atoms with Crippen LogP contribution in [0.4, 0.5) is 0 Å². The molecule has 3 heteroatoms. The average Bonchev–Trinajstić information content (AvgIpc) is 2.48. The van der Waals surface area contributed by atoms with Crippen molar-refractivity contribution in [3.63, 3.8) is 0 Å². The maximum atomic E-state index is 11.8. The van der Waals surface area contributed by atoms with E-state index in [1.165, 1.54) is 5.56 Å². The highest BCUT2D eigenvalue weighted by Gasteiger charge is 2.28. The van der Waals surface area contributed by atoms with Crippen molar-refractivity contribution in [2.24, 2.45) is 5.92 Å². The molecule has 20 heavy (non-hydrogen) atoms. The molecule has 1 aromatic carbocycles. The Morgan fingerprint density at radius 3 is 2.80 bits per heavy atom. The lowest BCUT2D eigenvalue weighted by Crippen LogP contribution is -2.38. The molecular formula is C17H25NO2. The molecule has 0 saturated heterocycles. The number of benzene rings is 1. The molecule has 1 fully saturated rings. The smallest absolute Gasteiger partial charge is 0.308 e. The van der Waals surface area contributed by atoms with Gasteiger partial charge in [-0.3, -0.25) is 4.79 Å². The van der Waals surface area contributed by atoms with Crippen LogP contribution >= 0.6 is 0 Å². The van der Waals surface area contributed by atoms with Crippen LogP contribution < -0.4 is 5.32 Å². The molecule has 3 nitrogen and oxygen atoms in total. The lowest BCUT2D eigenvalue weighted by Gasteiger charge is -2.31. The fraction of sp³-hybridized carbons (Fsp3) is 0.588. The molecule has 1 aliphatic rings. The summed E-state index contributed by atoms with van der Waals surface area (Å²) in [5, 5.41) is 3.65. The normalized spacial score (nSPS) is 24.1. The minimum Gasteiger partial charge on any atom is -0.466 e. The quantitative estimate of drug-likeness (QED) is 0.836. The summed E-state index contributed by atoms with van der Waals surface area (Å²) in [6, 6.07) is 11.2. The topological polar surface area (TPSA) is 38.3 Å². The summed E-state index contributed by atoms with van der Waals surface area (Å²) < 4.78 is 5.15. The zero-order valence-corrected chi connectivity index (χ0v) is 12.5. The molecule has 0 radical (unpaired) electrons. The van der Waals surface area contributed by atoms with Crippen LogP contribution in [0.15, 0.2) is 30.3 Å². The van der Waals surface area contributed by atoms with E-state index < -0.39 is 0 Å². The van der Waals surface area contributed by atoms with Crippen LogP contribution in [0, 0.1) is 5.92 Å². The van der Waals surface area contributed by atoms with Crippen molar-refractivity contribution in [3.05, 3.63) is 35.9 Å². The predicted octanol–water partition coefficient (Wildman–Crippen LogP) is 3.46. The van der Waals surface area contributed by atoms with Crippen LogP contribution in [0.1, 0.15) is 51.1 Å². The minimum absolute atomic E-state index is 0.0219. The fourth-order valence-corrected chi connectivity index (χ4v) is 3.01. The average molecular weight is 275 g/mol. The Hall–Kier alpha value is -1.35. The van der Waals surface area contributed by atoms with Crippen molar-refractivity contribution in [2.75, 3.05) is 6.61 Å². The SMILES string of the molecule is CCOC(=O)C1CCCC(NC(C)c2ccccc2)C1. The van der Waals surface area contributed by atoms with Gasteiger partial charge in [-0.25, -0.2) is 0 Å². The number of carbonyl (C=O) groups excluding carboxylic acids is 1. The molecule has 110 valence electrons. The zero-order valence-electron chi connectivity index (χ0n) is 12.5. The third-order valence-electron chi connectivity index (χ3n) is 4.08. The van der Waals surface area contributed by atoms with Gasteiger partial charge in [0.15, 0.2) is 0 Å². The van der Waals surface area contributed by atoms with Crippen LogP contribution in [-0.2, 0) is 9.53 Å². The first-order chi connectivity index (χ1) is 9.70. The number of nitrogens with one attached hydrogen (secondary N) is 1. The van der Waals surface area contributed by atoms with E-state index in [0.29, 0.717) is 18.7 Å². The highest BCUT2D eigenvalue weighted by molar-refractivity contribution is 5.72. The molecule has 1 aromatic rings. The second-order valence-corrected chi connectivity index (χ2v) is 5.61. The Labute approximate surface area is 121 Å². The minimum atomic E-state index is -0.0219. The Bertz CT molecular complexity index is 418. The molecule has 1 N–H and O–H groups in total. The monoisotopic (exact) mass is 275 g/mol. The van der Waals surface area contributed by atoms with Gasteiger partial charge in [0.25, 0.3) is 0 Å². The molecule has 3 atom stereocenters. The van der Waals surface area contributed by atoms with Gasteiger partial charge in [0.1, 0.15) is 0 Å². The summed E-state index contributed by atoms with van der Waals surface area (Å²) in [5.74, 6) is 0.0514. The second-order valence-electron chi connectivity index (χ2n) is 5.61. The van der Waals surface area contributed by atoms with E-state index in [2.05, 4.69) is 36.5 Å². The van der Waals surface area contributed by atoms with Crippen molar-refractivity contribution < 1.29 is 9.53 Å². The van der Waals surface area contributed by atoms with Crippen LogP contribution in [0.25, 0.3) is 0 Å². The van der Waals surface area contributed by atoms with Gasteiger partial charge in [-0.15, -0.1) is 0 Å². The molecule has 1 aliphatic carbocycles. The first kappa shape index (κ1) is 15.0. The molecule has 0 spiro atoms. The molecule has 0 aliphatic heterocycles. The van der Waals surface area contributed by atoms with Gasteiger partial charge >= 0.3 is 5.97 Å². The highest BCUT2D eigenvalue weighted by Crippen LogP contribution is 2.27. The molecule has 2 rings (SSSR count). The molecule has 0 heterocycles. The molecule has 0 bridgehead atoms. The van der Waals surface area contributed by atoms with Gasteiger partial charge in [-0.1, -0.05) is 36.8 Å². The van der Waals surface area contributed by atoms with Crippen LogP contribution in [-0.4, -0.2) is 18.6 Å². The van der Waals surface area contributed by atoms with Crippen LogP contribution in [0.2, 0.25) is 0 Å². The van der Waals surface area contributed by atoms with E-state index in [9.17, 15) is 4.79 Å². The van der Waals surface area contributed by atoms with Gasteiger partial charge in [-0.05, 0) is 38.7 Å². The summed E-state index contributed by atoms with van der Waals surface area (Å²) in [7, 11) is 0. The van der Waals surface area contributed by atoms with Crippen molar-refractivity contribution >= 4 is 5.97 Å². The largest absolute Gasteiger partial charge is 0.466 e. The Morgan fingerprint density at radius 1 is 1.35 bits per heavy atom. The Kier molecular flexibility index (Phi) is 5.60. The lowest BCUT2D eigenvalue weighted by molar-refractivity contribution is -0.149. The molecule has 0 aromatic heterocycles. The van der Waals surface area contributed by atoms with Gasteiger partial charge in [0.2, 0.25) is 0 Å². The van der Waals surface area contributed by atoms with Gasteiger partial charge in [-0.2, -0.15) is 0 Å². The predicted molar refractivity (Wildman–Crippen MR) is 80.4 cm³/mol. The standard InChI is InChI=1S/C17H25NO2/c1-3-20-17(19)15-10-7-11-16(12-15)18-13(2)14-8-5-4-6-9-14/h4-6,8-9,13,15-16,18H,3,7,10-12H2,1-2H3. The number of rotatable bonds is 5. The summed E-state index contributed by atoms with van der Waals surface area (Å²) in [6.07, 6.45) is 4.11. The zero-order chi connectivity index (χ0) is 14.4. The molecule has 0 amide bonds. The molecular weight excluding hydrogens is 250 g/mol. The van der Waals surface area contributed by atoms with E-state index in [-0.39, 0.29) is 11.9 Å². The van der Waals surface area contributed by atoms with Crippen molar-refractivity contribution in [3.8, 4) is 0 Å². The first-order valence-corrected chi connectivity index (χ1v) is 7.68. The fourth-order valence-electron chi connectivity index (χ4n) is 3.01. The number of ether oxygens (including phenoxy) is 1. The van der Waals surface area contributed by atoms with E-state index in [1.807, 2.05) is 13.0 Å². The summed E-state index contributed by atoms with van der Waals surface area (Å²) >= 11 is 0. The summed E-state index contributed by atoms with van der Waals surface area (Å²) in [6.45, 7) is 4.53. The third kappa shape index (κ3) is 4.07. The summed E-state index contributed by atoms with van der Waals surface area (Å²) in [4.78, 5) is 11.8. The summed E-state index contributed by atoms with van der Waals surface area (Å²) in [5.41, 5.74) is 1.30. The van der Waals surface area contributed by atoms with Crippen molar-refractivity contribution in [1.29, 1.82) is 0 Å². The van der Waals surface area contributed by atoms with Gasteiger partial charge < -0.3 is 10.1 Å². The van der Waals surface area contributed by atoms with E-state index in [0.717, 1.165) is 25.7 Å². The van der Waals surface area contributed by atoms with E-state index in [1.54, 1.807) is 0 Å². The van der Waals surface area contributed by atoms with E-state index in [4.69, 9.17) is 4.74 Å². The maximum absolute atomic E-state index is 11.8. The Balaban J connectivity index is 1.88. The lowest BCUT2D eigenvalue weighted by atomic mass is 9.85. The second kappa shape index (κ2) is 7.44. The Morgan fingerprint density at radius 2 is 2.10 bits per heavy atom. The van der Waals surface area contributed by atoms with Gasteiger partial charge in [0, 0.05) is 12.1 Å². The van der Waals surface area contributed by atoms with E-state index >= 15 is 0 Å².